The molecule has 136 valence electrons. The van der Waals surface area contributed by atoms with Gasteiger partial charge in [-0.25, -0.2) is 4.98 Å². The van der Waals surface area contributed by atoms with Crippen LogP contribution < -0.4 is 9.47 Å². The molecule has 0 aliphatic carbocycles. The first-order valence-electron chi connectivity index (χ1n) is 8.60. The van der Waals surface area contributed by atoms with Crippen LogP contribution in [-0.4, -0.2) is 23.8 Å². The van der Waals surface area contributed by atoms with Gasteiger partial charge in [0.2, 0.25) is 0 Å². The second-order valence-corrected chi connectivity index (χ2v) is 7.07. The van der Waals surface area contributed by atoms with E-state index in [2.05, 4.69) is 41.3 Å². The minimum absolute atomic E-state index is 0.833. The first-order chi connectivity index (χ1) is 13.2. The first-order valence-corrected chi connectivity index (χ1v) is 9.48. The second kappa shape index (κ2) is 7.29. The molecule has 2 aromatic heterocycles. The number of thiophene rings is 1. The van der Waals surface area contributed by atoms with Gasteiger partial charge >= 0.3 is 0 Å². The summed E-state index contributed by atoms with van der Waals surface area (Å²) in [4.78, 5) is 6.14. The average Bonchev–Trinajstić information content (AvgIpc) is 3.36. The van der Waals surface area contributed by atoms with Gasteiger partial charge in [-0.15, -0.1) is 11.3 Å². The van der Waals surface area contributed by atoms with Crippen LogP contribution in [0.3, 0.4) is 0 Å². The molecule has 27 heavy (non-hydrogen) atoms. The molecule has 0 aliphatic heterocycles. The van der Waals surface area contributed by atoms with E-state index in [0.29, 0.717) is 0 Å². The summed E-state index contributed by atoms with van der Waals surface area (Å²) in [6.07, 6.45) is 0. The van der Waals surface area contributed by atoms with Crippen LogP contribution in [-0.2, 0) is 7.05 Å². The van der Waals surface area contributed by atoms with Gasteiger partial charge in [-0.1, -0.05) is 6.07 Å². The molecule has 0 amide bonds. The van der Waals surface area contributed by atoms with E-state index >= 15 is 0 Å². The molecule has 2 heterocycles. The minimum Gasteiger partial charge on any atom is -0.497 e. The Kier molecular flexibility index (Phi) is 4.69. The normalized spacial score (nSPS) is 10.8. The van der Waals surface area contributed by atoms with Crippen molar-refractivity contribution >= 4 is 11.3 Å². The van der Waals surface area contributed by atoms with Crippen LogP contribution in [0.1, 0.15) is 0 Å². The highest BCUT2D eigenvalue weighted by Gasteiger charge is 2.19. The van der Waals surface area contributed by atoms with Gasteiger partial charge in [-0.05, 0) is 60.0 Å². The topological polar surface area (TPSA) is 36.3 Å². The maximum atomic E-state index is 5.31. The average molecular weight is 376 g/mol. The number of rotatable bonds is 5. The molecule has 0 atom stereocenters. The van der Waals surface area contributed by atoms with Crippen molar-refractivity contribution in [2.45, 2.75) is 0 Å². The molecule has 0 aliphatic rings. The molecule has 0 radical (unpaired) electrons. The van der Waals surface area contributed by atoms with Crippen molar-refractivity contribution in [1.82, 2.24) is 9.55 Å². The fourth-order valence-corrected chi connectivity index (χ4v) is 3.90. The van der Waals surface area contributed by atoms with Crippen LogP contribution in [0.2, 0.25) is 0 Å². The quantitative estimate of drug-likeness (QED) is 0.461. The smallest absolute Gasteiger partial charge is 0.151 e. The van der Waals surface area contributed by atoms with Gasteiger partial charge < -0.3 is 14.0 Å². The Balaban J connectivity index is 1.90. The zero-order valence-electron chi connectivity index (χ0n) is 15.5. The van der Waals surface area contributed by atoms with E-state index in [4.69, 9.17) is 14.5 Å². The Morgan fingerprint density at radius 3 is 1.93 bits per heavy atom. The Hall–Kier alpha value is -3.05. The number of hydrogen-bond acceptors (Lipinski definition) is 4. The van der Waals surface area contributed by atoms with E-state index in [1.807, 2.05) is 36.4 Å². The van der Waals surface area contributed by atoms with Gasteiger partial charge in [0.25, 0.3) is 0 Å². The molecule has 4 rings (SSSR count). The Morgan fingerprint density at radius 2 is 1.41 bits per heavy atom. The summed E-state index contributed by atoms with van der Waals surface area (Å²) < 4.78 is 12.8. The summed E-state index contributed by atoms with van der Waals surface area (Å²) >= 11 is 1.69. The molecule has 0 saturated carbocycles. The highest BCUT2D eigenvalue weighted by Crippen LogP contribution is 2.37. The Labute approximate surface area is 162 Å². The zero-order valence-corrected chi connectivity index (χ0v) is 16.3. The lowest BCUT2D eigenvalue weighted by molar-refractivity contribution is 0.414. The molecule has 0 unspecified atom stereocenters. The van der Waals surface area contributed by atoms with Crippen molar-refractivity contribution in [2.75, 3.05) is 14.2 Å². The standard InChI is InChI=1S/C22H20N2O2S/c1-24-21(16-8-12-18(26-3)13-9-16)20(15-6-10-17(25-2)11-7-15)23-22(24)19-5-4-14-27-19/h4-14H,1-3H3. The number of ether oxygens (including phenoxy) is 2. The fraction of sp³-hybridized carbons (Fsp3) is 0.136. The summed E-state index contributed by atoms with van der Waals surface area (Å²) in [6, 6.07) is 20.3. The van der Waals surface area contributed by atoms with Crippen LogP contribution >= 0.6 is 11.3 Å². The molecular formula is C22H20N2O2S. The zero-order chi connectivity index (χ0) is 18.8. The molecule has 5 heteroatoms. The van der Waals surface area contributed by atoms with Crippen LogP contribution in [0.25, 0.3) is 33.2 Å². The van der Waals surface area contributed by atoms with Gasteiger partial charge in [0.1, 0.15) is 11.5 Å². The summed E-state index contributed by atoms with van der Waals surface area (Å²) in [5.41, 5.74) is 4.18. The van der Waals surface area contributed by atoms with E-state index in [0.717, 1.165) is 44.7 Å². The lowest BCUT2D eigenvalue weighted by Crippen LogP contribution is -1.95. The van der Waals surface area contributed by atoms with E-state index in [1.54, 1.807) is 25.6 Å². The Morgan fingerprint density at radius 1 is 0.815 bits per heavy atom. The van der Waals surface area contributed by atoms with Crippen LogP contribution in [0.4, 0.5) is 0 Å². The monoisotopic (exact) mass is 376 g/mol. The summed E-state index contributed by atoms with van der Waals surface area (Å²) in [6.45, 7) is 0. The molecule has 4 aromatic rings. The van der Waals surface area contributed by atoms with Crippen LogP contribution in [0, 0.1) is 0 Å². The molecular weight excluding hydrogens is 356 g/mol. The van der Waals surface area contributed by atoms with Gasteiger partial charge in [-0.2, -0.15) is 0 Å². The van der Waals surface area contributed by atoms with Crippen LogP contribution in [0.5, 0.6) is 11.5 Å². The highest BCUT2D eigenvalue weighted by atomic mass is 32.1. The molecule has 2 aromatic carbocycles. The third-order valence-corrected chi connectivity index (χ3v) is 5.43. The van der Waals surface area contributed by atoms with Crippen molar-refractivity contribution in [2.24, 2.45) is 7.05 Å². The van der Waals surface area contributed by atoms with Crippen molar-refractivity contribution in [3.05, 3.63) is 66.0 Å². The maximum absolute atomic E-state index is 5.31. The first kappa shape index (κ1) is 17.4. The molecule has 0 spiro atoms. The minimum atomic E-state index is 0.833. The third-order valence-electron chi connectivity index (χ3n) is 4.56. The lowest BCUT2D eigenvalue weighted by atomic mass is 10.0. The third kappa shape index (κ3) is 3.22. The number of hydrogen-bond donors (Lipinski definition) is 0. The van der Waals surface area contributed by atoms with Crippen molar-refractivity contribution in [1.29, 1.82) is 0 Å². The van der Waals surface area contributed by atoms with Crippen molar-refractivity contribution in [3.8, 4) is 44.7 Å². The summed E-state index contributed by atoms with van der Waals surface area (Å²) in [7, 11) is 5.42. The largest absolute Gasteiger partial charge is 0.497 e. The number of nitrogens with zero attached hydrogens (tertiary/aromatic N) is 2. The highest BCUT2D eigenvalue weighted by molar-refractivity contribution is 7.13. The summed E-state index contributed by atoms with van der Waals surface area (Å²) in [5, 5.41) is 2.07. The fourth-order valence-electron chi connectivity index (χ4n) is 3.15. The predicted molar refractivity (Wildman–Crippen MR) is 110 cm³/mol. The van der Waals surface area contributed by atoms with Gasteiger partial charge in [-0.3, -0.25) is 0 Å². The maximum Gasteiger partial charge on any atom is 0.151 e. The molecule has 0 N–H and O–H groups in total. The molecule has 0 fully saturated rings. The van der Waals surface area contributed by atoms with E-state index in [1.165, 1.54) is 0 Å². The number of imidazole rings is 1. The van der Waals surface area contributed by atoms with E-state index in [-0.39, 0.29) is 0 Å². The van der Waals surface area contributed by atoms with E-state index < -0.39 is 0 Å². The van der Waals surface area contributed by atoms with Crippen molar-refractivity contribution in [3.63, 3.8) is 0 Å². The molecule has 0 bridgehead atoms. The Bertz CT molecular complexity index is 1030. The SMILES string of the molecule is COc1ccc(-c2nc(-c3cccs3)n(C)c2-c2ccc(OC)cc2)cc1. The van der Waals surface area contributed by atoms with Crippen LogP contribution in [0.15, 0.2) is 66.0 Å². The predicted octanol–water partition coefficient (Wildman–Crippen LogP) is 5.50. The van der Waals surface area contributed by atoms with Gasteiger partial charge in [0.05, 0.1) is 30.5 Å². The number of benzene rings is 2. The van der Waals surface area contributed by atoms with Crippen molar-refractivity contribution < 1.29 is 9.47 Å². The molecule has 0 saturated heterocycles. The summed E-state index contributed by atoms with van der Waals surface area (Å²) in [5.74, 6) is 2.63. The van der Waals surface area contributed by atoms with E-state index in [9.17, 15) is 0 Å². The van der Waals surface area contributed by atoms with Gasteiger partial charge in [0, 0.05) is 18.2 Å². The van der Waals surface area contributed by atoms with Gasteiger partial charge in [0.15, 0.2) is 5.82 Å². The number of methoxy groups -OCH3 is 2. The molecule has 4 nitrogen and oxygen atoms in total. The second-order valence-electron chi connectivity index (χ2n) is 6.13. The number of aromatic nitrogens is 2. The lowest BCUT2D eigenvalue weighted by Gasteiger charge is -2.09.